The van der Waals surface area contributed by atoms with E-state index in [9.17, 15) is 4.79 Å². The molecule has 0 spiro atoms. The maximum atomic E-state index is 12.0. The van der Waals surface area contributed by atoms with E-state index in [0.29, 0.717) is 19.1 Å². The third kappa shape index (κ3) is 3.80. The van der Waals surface area contributed by atoms with E-state index in [2.05, 4.69) is 19.2 Å². The summed E-state index contributed by atoms with van der Waals surface area (Å²) in [6.45, 7) is 8.10. The lowest BCUT2D eigenvalue weighted by Gasteiger charge is -2.33. The third-order valence-corrected chi connectivity index (χ3v) is 2.59. The highest BCUT2D eigenvalue weighted by Gasteiger charge is 2.29. The van der Waals surface area contributed by atoms with Crippen molar-refractivity contribution in [2.45, 2.75) is 13.8 Å². The first-order valence-corrected chi connectivity index (χ1v) is 5.63. The molecule has 0 unspecified atom stereocenters. The Balaban J connectivity index is 2.41. The van der Waals surface area contributed by atoms with Crippen LogP contribution >= 0.6 is 0 Å². The van der Waals surface area contributed by atoms with Gasteiger partial charge in [0.15, 0.2) is 0 Å². The van der Waals surface area contributed by atoms with Crippen molar-refractivity contribution in [3.63, 3.8) is 0 Å². The lowest BCUT2D eigenvalue weighted by Crippen LogP contribution is -2.53. The van der Waals surface area contributed by atoms with Gasteiger partial charge in [0.05, 0.1) is 12.5 Å². The summed E-state index contributed by atoms with van der Waals surface area (Å²) >= 11 is 0. The molecule has 0 aromatic carbocycles. The highest BCUT2D eigenvalue weighted by atomic mass is 16.5. The minimum Gasteiger partial charge on any atom is -0.383 e. The highest BCUT2D eigenvalue weighted by Crippen LogP contribution is 2.10. The first-order valence-electron chi connectivity index (χ1n) is 5.63. The molecule has 1 aliphatic heterocycles. The van der Waals surface area contributed by atoms with Crippen LogP contribution in [0.2, 0.25) is 0 Å². The maximum Gasteiger partial charge on any atom is 0.228 e. The fourth-order valence-corrected chi connectivity index (χ4v) is 1.66. The van der Waals surface area contributed by atoms with Gasteiger partial charge < -0.3 is 15.0 Å². The molecule has 4 heteroatoms. The van der Waals surface area contributed by atoms with Gasteiger partial charge in [-0.15, -0.1) is 0 Å². The summed E-state index contributed by atoms with van der Waals surface area (Å²) < 4.78 is 5.03. The minimum atomic E-state index is 0.195. The largest absolute Gasteiger partial charge is 0.383 e. The Labute approximate surface area is 92.0 Å². The zero-order chi connectivity index (χ0) is 11.3. The van der Waals surface area contributed by atoms with Crippen LogP contribution in [0.1, 0.15) is 13.8 Å². The second-order valence-corrected chi connectivity index (χ2v) is 4.53. The van der Waals surface area contributed by atoms with Crippen molar-refractivity contribution in [3.05, 3.63) is 0 Å². The molecule has 0 bridgehead atoms. The number of nitrogens with one attached hydrogen (secondary N) is 1. The number of ether oxygens (including phenoxy) is 1. The number of methoxy groups -OCH3 is 1. The van der Waals surface area contributed by atoms with E-state index in [1.807, 2.05) is 4.90 Å². The third-order valence-electron chi connectivity index (χ3n) is 2.59. The number of hydrogen-bond acceptors (Lipinski definition) is 3. The number of rotatable bonds is 6. The molecule has 1 saturated heterocycles. The summed E-state index contributed by atoms with van der Waals surface area (Å²) in [5.74, 6) is 0.985. The number of carbonyl (C=O) groups is 1. The van der Waals surface area contributed by atoms with Crippen molar-refractivity contribution in [2.24, 2.45) is 11.8 Å². The van der Waals surface area contributed by atoms with Crippen molar-refractivity contribution < 1.29 is 9.53 Å². The van der Waals surface area contributed by atoms with Gasteiger partial charge in [0, 0.05) is 33.3 Å². The van der Waals surface area contributed by atoms with Gasteiger partial charge in [-0.25, -0.2) is 0 Å². The second-order valence-electron chi connectivity index (χ2n) is 4.53. The van der Waals surface area contributed by atoms with Crippen molar-refractivity contribution >= 4 is 5.91 Å². The van der Waals surface area contributed by atoms with Crippen molar-refractivity contribution in [3.8, 4) is 0 Å². The molecule has 0 aromatic rings. The normalized spacial score (nSPS) is 16.5. The second kappa shape index (κ2) is 6.08. The minimum absolute atomic E-state index is 0.195. The average Bonchev–Trinajstić information content (AvgIpc) is 2.08. The summed E-state index contributed by atoms with van der Waals surface area (Å²) in [6.07, 6.45) is 0. The summed E-state index contributed by atoms with van der Waals surface area (Å²) in [6, 6.07) is 0. The van der Waals surface area contributed by atoms with Crippen LogP contribution in [-0.4, -0.2) is 50.7 Å². The fraction of sp³-hybridized carbons (Fsp3) is 0.909. The molecular formula is C11H22N2O2. The smallest absolute Gasteiger partial charge is 0.228 e. The molecule has 4 nitrogen and oxygen atoms in total. The number of carbonyl (C=O) groups excluding carboxylic acids is 1. The zero-order valence-corrected chi connectivity index (χ0v) is 9.95. The molecule has 1 heterocycles. The number of nitrogens with zero attached hydrogens (tertiary/aromatic N) is 1. The van der Waals surface area contributed by atoms with Gasteiger partial charge in [0.25, 0.3) is 0 Å². The van der Waals surface area contributed by atoms with E-state index in [1.165, 1.54) is 0 Å². The molecule has 1 amide bonds. The van der Waals surface area contributed by atoms with Crippen molar-refractivity contribution in [2.75, 3.05) is 39.9 Å². The predicted octanol–water partition coefficient (Wildman–Crippen LogP) is 0.337. The van der Waals surface area contributed by atoms with Gasteiger partial charge in [-0.3, -0.25) is 4.79 Å². The quantitative estimate of drug-likeness (QED) is 0.693. The molecular weight excluding hydrogens is 192 g/mol. The molecule has 88 valence electrons. The lowest BCUT2D eigenvalue weighted by molar-refractivity contribution is -0.138. The van der Waals surface area contributed by atoms with Crippen molar-refractivity contribution in [1.82, 2.24) is 10.2 Å². The Kier molecular flexibility index (Phi) is 5.05. The number of amides is 1. The van der Waals surface area contributed by atoms with Gasteiger partial charge in [-0.05, 0) is 5.92 Å². The van der Waals surface area contributed by atoms with E-state index in [-0.39, 0.29) is 11.8 Å². The molecule has 1 fully saturated rings. The molecule has 15 heavy (non-hydrogen) atoms. The van der Waals surface area contributed by atoms with E-state index < -0.39 is 0 Å². The van der Waals surface area contributed by atoms with Gasteiger partial charge in [-0.1, -0.05) is 13.8 Å². The number of hydrogen-bond donors (Lipinski definition) is 1. The Morgan fingerprint density at radius 3 is 2.60 bits per heavy atom. The van der Waals surface area contributed by atoms with E-state index in [1.54, 1.807) is 7.11 Å². The summed E-state index contributed by atoms with van der Waals surface area (Å²) in [4.78, 5) is 13.9. The first kappa shape index (κ1) is 12.5. The summed E-state index contributed by atoms with van der Waals surface area (Å²) in [5.41, 5.74) is 0. The standard InChI is InChI=1S/C11H22N2O2/c1-9(2)8-13(4-5-15-3)11(14)10-6-12-7-10/h9-10,12H,4-8H2,1-3H3. The zero-order valence-electron chi connectivity index (χ0n) is 9.95. The molecule has 1 aliphatic rings. The molecule has 0 atom stereocenters. The first-order chi connectivity index (χ1) is 7.15. The summed E-state index contributed by atoms with van der Waals surface area (Å²) in [5, 5.41) is 3.13. The van der Waals surface area contributed by atoms with Crippen LogP contribution in [0.15, 0.2) is 0 Å². The van der Waals surface area contributed by atoms with Crippen LogP contribution in [0, 0.1) is 11.8 Å². The average molecular weight is 214 g/mol. The monoisotopic (exact) mass is 214 g/mol. The van der Waals surface area contributed by atoms with Crippen LogP contribution in [0.4, 0.5) is 0 Å². The lowest BCUT2D eigenvalue weighted by atomic mass is 10.0. The van der Waals surface area contributed by atoms with Crippen molar-refractivity contribution in [1.29, 1.82) is 0 Å². The van der Waals surface area contributed by atoms with E-state index in [4.69, 9.17) is 4.74 Å². The SMILES string of the molecule is COCCN(CC(C)C)C(=O)C1CNC1. The maximum absolute atomic E-state index is 12.0. The van der Waals surface area contributed by atoms with Crippen LogP contribution in [0.5, 0.6) is 0 Å². The Morgan fingerprint density at radius 1 is 1.53 bits per heavy atom. The van der Waals surface area contributed by atoms with Gasteiger partial charge in [0.2, 0.25) is 5.91 Å². The van der Waals surface area contributed by atoms with Crippen LogP contribution < -0.4 is 5.32 Å². The molecule has 0 saturated carbocycles. The molecule has 1 N–H and O–H groups in total. The van der Waals surface area contributed by atoms with Gasteiger partial charge >= 0.3 is 0 Å². The van der Waals surface area contributed by atoms with Gasteiger partial charge in [-0.2, -0.15) is 0 Å². The van der Waals surface area contributed by atoms with Crippen LogP contribution in [-0.2, 0) is 9.53 Å². The van der Waals surface area contributed by atoms with E-state index in [0.717, 1.165) is 19.6 Å². The Hall–Kier alpha value is -0.610. The Morgan fingerprint density at radius 2 is 2.20 bits per heavy atom. The summed E-state index contributed by atoms with van der Waals surface area (Å²) in [7, 11) is 1.67. The van der Waals surface area contributed by atoms with E-state index >= 15 is 0 Å². The van der Waals surface area contributed by atoms with Gasteiger partial charge in [0.1, 0.15) is 0 Å². The molecule has 1 rings (SSSR count). The Bertz CT molecular complexity index is 203. The predicted molar refractivity (Wildman–Crippen MR) is 59.7 cm³/mol. The fourth-order valence-electron chi connectivity index (χ4n) is 1.66. The highest BCUT2D eigenvalue weighted by molar-refractivity contribution is 5.80. The topological polar surface area (TPSA) is 41.6 Å². The molecule has 0 aromatic heterocycles. The van der Waals surface area contributed by atoms with Crippen LogP contribution in [0.3, 0.4) is 0 Å². The molecule has 0 aliphatic carbocycles. The molecule has 0 radical (unpaired) electrons. The van der Waals surface area contributed by atoms with Crippen LogP contribution in [0.25, 0.3) is 0 Å².